The largest absolute Gasteiger partial charge is 0.491 e. The maximum atomic E-state index is 13.0. The number of esters is 2. The zero-order valence-electron chi connectivity index (χ0n) is 22.9. The molecule has 4 aromatic rings. The molecule has 11 nitrogen and oxygen atoms in total. The molecule has 4 rings (SSSR count). The predicted octanol–water partition coefficient (Wildman–Crippen LogP) is 4.75. The zero-order chi connectivity index (χ0) is 31.1. The summed E-state index contributed by atoms with van der Waals surface area (Å²) in [6.45, 7) is 3.93. The van der Waals surface area contributed by atoms with E-state index in [2.05, 4.69) is 30.6 Å². The van der Waals surface area contributed by atoms with E-state index in [4.69, 9.17) is 4.42 Å². The molecule has 43 heavy (non-hydrogen) atoms. The summed E-state index contributed by atoms with van der Waals surface area (Å²) >= 11 is 0. The van der Waals surface area contributed by atoms with Crippen LogP contribution in [0, 0.1) is 0 Å². The molecule has 0 saturated carbocycles. The Bertz CT molecular complexity index is 1610. The van der Waals surface area contributed by atoms with Crippen molar-refractivity contribution in [2.24, 2.45) is 0 Å². The molecular formula is C29H26F3N5O6. The first kappa shape index (κ1) is 30.7. The topological polar surface area (TPSA) is 156 Å². The Kier molecular flexibility index (Phi) is 9.38. The molecule has 224 valence electrons. The smallest absolute Gasteiger partial charge is 0.431 e. The van der Waals surface area contributed by atoms with Gasteiger partial charge in [-0.1, -0.05) is 56.3 Å². The summed E-state index contributed by atoms with van der Waals surface area (Å²) in [5.74, 6) is -5.40. The molecule has 2 amide bonds. The van der Waals surface area contributed by atoms with Crippen LogP contribution in [0.15, 0.2) is 71.3 Å². The van der Waals surface area contributed by atoms with Gasteiger partial charge in [-0.3, -0.25) is 14.7 Å². The Labute approximate surface area is 242 Å². The number of hydrogen-bond acceptors (Lipinski definition) is 8. The number of rotatable bonds is 10. The van der Waals surface area contributed by atoms with E-state index in [1.165, 1.54) is 36.5 Å². The molecule has 0 aliphatic carbocycles. The summed E-state index contributed by atoms with van der Waals surface area (Å²) in [5.41, 5.74) is 1.34. The molecule has 0 aliphatic heterocycles. The fourth-order valence-electron chi connectivity index (χ4n) is 4.00. The molecule has 1 unspecified atom stereocenters. The lowest BCUT2D eigenvalue weighted by molar-refractivity contribution is -0.202. The quantitative estimate of drug-likeness (QED) is 0.175. The number of carbonyl (C=O) groups excluding carboxylic acids is 4. The van der Waals surface area contributed by atoms with Crippen LogP contribution in [0.25, 0.3) is 22.7 Å². The lowest BCUT2D eigenvalue weighted by atomic mass is 10.1. The minimum Gasteiger partial charge on any atom is -0.431 e. The van der Waals surface area contributed by atoms with Gasteiger partial charge in [0.1, 0.15) is 0 Å². The van der Waals surface area contributed by atoms with Crippen LogP contribution in [0.1, 0.15) is 59.3 Å². The molecule has 14 heteroatoms. The number of benzene rings is 2. The van der Waals surface area contributed by atoms with Crippen LogP contribution in [-0.4, -0.2) is 51.2 Å². The molecule has 0 fully saturated rings. The minimum absolute atomic E-state index is 0.00662. The third-order valence-electron chi connectivity index (χ3n) is 6.35. The van der Waals surface area contributed by atoms with Crippen molar-refractivity contribution in [2.45, 2.75) is 44.9 Å². The number of oxazole rings is 1. The van der Waals surface area contributed by atoms with E-state index < -0.39 is 30.1 Å². The lowest BCUT2D eigenvalue weighted by Gasteiger charge is -2.17. The predicted molar refractivity (Wildman–Crippen MR) is 145 cm³/mol. The van der Waals surface area contributed by atoms with Gasteiger partial charge in [-0.05, 0) is 36.6 Å². The van der Waals surface area contributed by atoms with Gasteiger partial charge in [0.2, 0.25) is 11.7 Å². The second-order valence-electron chi connectivity index (χ2n) is 9.29. The van der Waals surface area contributed by atoms with Crippen molar-refractivity contribution in [1.82, 2.24) is 25.8 Å². The van der Waals surface area contributed by atoms with Gasteiger partial charge >= 0.3 is 18.1 Å². The summed E-state index contributed by atoms with van der Waals surface area (Å²) in [6, 6.07) is 13.7. The van der Waals surface area contributed by atoms with E-state index in [1.54, 1.807) is 30.3 Å². The highest BCUT2D eigenvalue weighted by Crippen LogP contribution is 2.26. The summed E-state index contributed by atoms with van der Waals surface area (Å²) < 4.78 is 47.6. The molecule has 0 radical (unpaired) electrons. The Hall–Kier alpha value is -5.27. The Balaban J connectivity index is 1.51. The van der Waals surface area contributed by atoms with Crippen LogP contribution < -0.4 is 10.6 Å². The minimum atomic E-state index is -5.40. The summed E-state index contributed by atoms with van der Waals surface area (Å²) in [4.78, 5) is 53.3. The number of ether oxygens (including phenoxy) is 1. The highest BCUT2D eigenvalue weighted by atomic mass is 19.4. The Morgan fingerprint density at radius 1 is 0.930 bits per heavy atom. The van der Waals surface area contributed by atoms with Crippen molar-refractivity contribution in [2.75, 3.05) is 0 Å². The number of hydrogen-bond donors (Lipinski definition) is 3. The first-order valence-corrected chi connectivity index (χ1v) is 13.1. The fraction of sp³-hybridized carbons (Fsp3) is 0.241. The van der Waals surface area contributed by atoms with Gasteiger partial charge in [0.05, 0.1) is 11.9 Å². The summed E-state index contributed by atoms with van der Waals surface area (Å²) in [5, 5.41) is 11.8. The number of carbonyl (C=O) groups is 4. The molecular weight excluding hydrogens is 571 g/mol. The van der Waals surface area contributed by atoms with Gasteiger partial charge in [0.15, 0.2) is 11.7 Å². The number of aromatic amines is 1. The second kappa shape index (κ2) is 13.1. The average molecular weight is 598 g/mol. The number of alkyl halides is 3. The van der Waals surface area contributed by atoms with Crippen LogP contribution in [0.3, 0.4) is 0 Å². The number of nitrogens with one attached hydrogen (secondary N) is 3. The van der Waals surface area contributed by atoms with E-state index >= 15 is 0 Å². The third-order valence-corrected chi connectivity index (χ3v) is 6.35. The molecule has 2 aromatic heterocycles. The zero-order valence-corrected chi connectivity index (χ0v) is 22.9. The maximum absolute atomic E-state index is 13.0. The van der Waals surface area contributed by atoms with Crippen LogP contribution in [0.2, 0.25) is 0 Å². The number of halogens is 3. The molecule has 2 aromatic carbocycles. The summed E-state index contributed by atoms with van der Waals surface area (Å²) in [7, 11) is 0. The standard InChI is InChI=1S/C29H26F3N5O6/c1-3-19(4-2)34-25(39)22-15-33-26(42-22)18-12-8-11-17(13-18)20-14-21(37-36-20)24(38)35-23(16-9-6-5-7-10-16)27(40)43-28(41)29(30,31)32/h5-15,19,23H,3-4H2,1-2H3,(H,34,39)(H,35,38)(H,36,37). The van der Waals surface area contributed by atoms with Crippen LogP contribution in [-0.2, 0) is 14.3 Å². The Morgan fingerprint density at radius 2 is 1.63 bits per heavy atom. The maximum Gasteiger partial charge on any atom is 0.491 e. The van der Waals surface area contributed by atoms with E-state index in [0.717, 1.165) is 12.8 Å². The van der Waals surface area contributed by atoms with Gasteiger partial charge in [0.25, 0.3) is 11.8 Å². The van der Waals surface area contributed by atoms with Gasteiger partial charge in [-0.15, -0.1) is 0 Å². The first-order chi connectivity index (χ1) is 20.5. The first-order valence-electron chi connectivity index (χ1n) is 13.1. The SMILES string of the molecule is CCC(CC)NC(=O)c1cnc(-c2cccc(-c3cc(C(=O)NC(C(=O)OC(=O)C(F)(F)F)c4ccccc4)n[nH]3)c2)o1. The molecule has 0 aliphatic rings. The Morgan fingerprint density at radius 3 is 2.30 bits per heavy atom. The number of nitrogens with zero attached hydrogens (tertiary/aromatic N) is 2. The van der Waals surface area contributed by atoms with Crippen molar-refractivity contribution in [3.8, 4) is 22.7 Å². The third kappa shape index (κ3) is 7.52. The van der Waals surface area contributed by atoms with Crippen LogP contribution in [0.5, 0.6) is 0 Å². The van der Waals surface area contributed by atoms with Crippen molar-refractivity contribution >= 4 is 23.8 Å². The van der Waals surface area contributed by atoms with Gasteiger partial charge in [0, 0.05) is 17.2 Å². The molecule has 3 N–H and O–H groups in total. The van der Waals surface area contributed by atoms with Crippen molar-refractivity contribution in [3.05, 3.63) is 83.9 Å². The lowest BCUT2D eigenvalue weighted by Crippen LogP contribution is -2.38. The van der Waals surface area contributed by atoms with Crippen LogP contribution >= 0.6 is 0 Å². The van der Waals surface area contributed by atoms with Crippen molar-refractivity contribution in [1.29, 1.82) is 0 Å². The molecule has 2 heterocycles. The van der Waals surface area contributed by atoms with E-state index in [1.807, 2.05) is 13.8 Å². The molecule has 1 atom stereocenters. The fourth-order valence-corrected chi connectivity index (χ4v) is 4.00. The van der Waals surface area contributed by atoms with Crippen LogP contribution in [0.4, 0.5) is 13.2 Å². The van der Waals surface area contributed by atoms with Crippen molar-refractivity contribution in [3.63, 3.8) is 0 Å². The van der Waals surface area contributed by atoms with E-state index in [9.17, 15) is 32.3 Å². The number of H-pyrrole nitrogens is 1. The number of aromatic nitrogens is 3. The van der Waals surface area contributed by atoms with Crippen molar-refractivity contribution < 1.29 is 41.5 Å². The van der Waals surface area contributed by atoms with Gasteiger partial charge in [-0.25, -0.2) is 14.6 Å². The molecule has 0 bridgehead atoms. The monoisotopic (exact) mass is 597 g/mol. The average Bonchev–Trinajstić information content (AvgIpc) is 3.70. The van der Waals surface area contributed by atoms with E-state index in [0.29, 0.717) is 16.8 Å². The normalized spacial score (nSPS) is 12.0. The molecule has 0 saturated heterocycles. The van der Waals surface area contributed by atoms with Gasteiger partial charge < -0.3 is 19.8 Å². The second-order valence-corrected chi connectivity index (χ2v) is 9.29. The van der Waals surface area contributed by atoms with E-state index in [-0.39, 0.29) is 34.9 Å². The number of amides is 2. The summed E-state index contributed by atoms with van der Waals surface area (Å²) in [6.07, 6.45) is -2.54. The molecule has 0 spiro atoms. The van der Waals surface area contributed by atoms with Gasteiger partial charge in [-0.2, -0.15) is 18.3 Å². The highest BCUT2D eigenvalue weighted by Gasteiger charge is 2.43. The highest BCUT2D eigenvalue weighted by molar-refractivity contribution is 5.98.